The molecule has 1 saturated carbocycles. The second-order valence-corrected chi connectivity index (χ2v) is 8.49. The van der Waals surface area contributed by atoms with Crippen molar-refractivity contribution in [3.8, 4) is 0 Å². The van der Waals surface area contributed by atoms with Crippen molar-refractivity contribution in [1.82, 2.24) is 5.32 Å². The van der Waals surface area contributed by atoms with Gasteiger partial charge in [-0.15, -0.1) is 0 Å². The summed E-state index contributed by atoms with van der Waals surface area (Å²) in [4.78, 5) is 23.8. The van der Waals surface area contributed by atoms with Crippen molar-refractivity contribution >= 4 is 11.7 Å². The number of rotatable bonds is 13. The highest BCUT2D eigenvalue weighted by Crippen LogP contribution is 2.29. The number of Topliss-reactive ketones (excluding diaryl/α,β-unsaturated/α-hetero) is 1. The number of nitrogens with one attached hydrogen (secondary N) is 1. The molecular formula is C22H41NO3. The summed E-state index contributed by atoms with van der Waals surface area (Å²) in [6.45, 7) is 10.8. The topological polar surface area (TPSA) is 55.4 Å². The summed E-state index contributed by atoms with van der Waals surface area (Å²) < 4.78 is 5.83. The van der Waals surface area contributed by atoms with Crippen LogP contribution >= 0.6 is 0 Å². The van der Waals surface area contributed by atoms with Gasteiger partial charge >= 0.3 is 0 Å². The Kier molecular flexibility index (Phi) is 11.8. The summed E-state index contributed by atoms with van der Waals surface area (Å²) in [7, 11) is 0. The molecule has 1 rings (SSSR count). The van der Waals surface area contributed by atoms with E-state index in [4.69, 9.17) is 4.74 Å². The van der Waals surface area contributed by atoms with Crippen molar-refractivity contribution in [2.45, 2.75) is 85.5 Å². The number of amides is 1. The lowest BCUT2D eigenvalue weighted by molar-refractivity contribution is -0.126. The molecule has 0 saturated heterocycles. The van der Waals surface area contributed by atoms with E-state index < -0.39 is 0 Å². The van der Waals surface area contributed by atoms with E-state index in [-0.39, 0.29) is 17.7 Å². The molecule has 152 valence electrons. The van der Waals surface area contributed by atoms with E-state index in [0.29, 0.717) is 24.0 Å². The maximum Gasteiger partial charge on any atom is 0.223 e. The summed E-state index contributed by atoms with van der Waals surface area (Å²) in [5.41, 5.74) is 0. The van der Waals surface area contributed by atoms with Crippen molar-refractivity contribution < 1.29 is 14.3 Å². The molecule has 0 heterocycles. The molecule has 26 heavy (non-hydrogen) atoms. The second-order valence-electron chi connectivity index (χ2n) is 8.49. The van der Waals surface area contributed by atoms with Gasteiger partial charge in [0, 0.05) is 38.0 Å². The van der Waals surface area contributed by atoms with Gasteiger partial charge in [-0.3, -0.25) is 9.59 Å². The summed E-state index contributed by atoms with van der Waals surface area (Å²) in [6, 6.07) is 0. The highest BCUT2D eigenvalue weighted by atomic mass is 16.5. The highest BCUT2D eigenvalue weighted by molar-refractivity contribution is 5.80. The molecule has 0 aliphatic heterocycles. The van der Waals surface area contributed by atoms with Gasteiger partial charge in [-0.1, -0.05) is 40.5 Å². The molecule has 1 fully saturated rings. The van der Waals surface area contributed by atoms with E-state index in [2.05, 4.69) is 19.2 Å². The van der Waals surface area contributed by atoms with Crippen molar-refractivity contribution in [1.29, 1.82) is 0 Å². The van der Waals surface area contributed by atoms with Crippen molar-refractivity contribution in [3.05, 3.63) is 0 Å². The van der Waals surface area contributed by atoms with Crippen LogP contribution in [0.4, 0.5) is 0 Å². The first-order chi connectivity index (χ1) is 12.4. The molecule has 0 aromatic carbocycles. The van der Waals surface area contributed by atoms with E-state index in [0.717, 1.165) is 64.7 Å². The van der Waals surface area contributed by atoms with Gasteiger partial charge in [0.2, 0.25) is 5.91 Å². The molecule has 1 N–H and O–H groups in total. The van der Waals surface area contributed by atoms with Crippen LogP contribution in [-0.2, 0) is 14.3 Å². The van der Waals surface area contributed by atoms with Crippen molar-refractivity contribution in [2.24, 2.45) is 23.7 Å². The van der Waals surface area contributed by atoms with Crippen LogP contribution in [0.1, 0.15) is 85.5 Å². The summed E-state index contributed by atoms with van der Waals surface area (Å²) in [5, 5.41) is 3.09. The number of ether oxygens (including phenoxy) is 1. The van der Waals surface area contributed by atoms with Crippen LogP contribution in [0.5, 0.6) is 0 Å². The minimum atomic E-state index is 0.144. The fraction of sp³-hybridized carbons (Fsp3) is 0.909. The van der Waals surface area contributed by atoms with E-state index in [9.17, 15) is 9.59 Å². The molecule has 1 aliphatic carbocycles. The molecule has 0 spiro atoms. The monoisotopic (exact) mass is 367 g/mol. The predicted octanol–water partition coefficient (Wildman–Crippen LogP) is 4.76. The number of hydrogen-bond acceptors (Lipinski definition) is 3. The Morgan fingerprint density at radius 2 is 1.73 bits per heavy atom. The molecule has 0 radical (unpaired) electrons. The van der Waals surface area contributed by atoms with Gasteiger partial charge in [-0.2, -0.15) is 0 Å². The van der Waals surface area contributed by atoms with Crippen molar-refractivity contribution in [2.75, 3.05) is 19.8 Å². The first-order valence-electron chi connectivity index (χ1n) is 10.8. The van der Waals surface area contributed by atoms with Crippen molar-refractivity contribution in [3.63, 3.8) is 0 Å². The maximum atomic E-state index is 12.3. The minimum absolute atomic E-state index is 0.144. The fourth-order valence-corrected chi connectivity index (χ4v) is 3.39. The maximum absolute atomic E-state index is 12.3. The van der Waals surface area contributed by atoms with Gasteiger partial charge in [0.25, 0.3) is 0 Å². The van der Waals surface area contributed by atoms with Gasteiger partial charge in [-0.25, -0.2) is 0 Å². The molecule has 0 aromatic rings. The zero-order valence-corrected chi connectivity index (χ0v) is 17.5. The average molecular weight is 368 g/mol. The predicted molar refractivity (Wildman–Crippen MR) is 107 cm³/mol. The molecule has 1 amide bonds. The normalized spacial score (nSPS) is 21.6. The fourth-order valence-electron chi connectivity index (χ4n) is 3.39. The lowest BCUT2D eigenvalue weighted by Crippen LogP contribution is -2.34. The van der Waals surface area contributed by atoms with Gasteiger partial charge in [0.15, 0.2) is 0 Å². The van der Waals surface area contributed by atoms with Gasteiger partial charge < -0.3 is 10.1 Å². The number of ketones is 1. The van der Waals surface area contributed by atoms with E-state index in [1.165, 1.54) is 6.42 Å². The average Bonchev–Trinajstić information content (AvgIpc) is 2.64. The first kappa shape index (κ1) is 23.1. The Morgan fingerprint density at radius 3 is 2.35 bits per heavy atom. The molecule has 4 heteroatoms. The third-order valence-electron chi connectivity index (χ3n) is 5.71. The number of carbonyl (C=O) groups excluding carboxylic acids is 2. The third-order valence-corrected chi connectivity index (χ3v) is 5.71. The molecule has 1 unspecified atom stereocenters. The largest absolute Gasteiger partial charge is 0.381 e. The van der Waals surface area contributed by atoms with Crippen LogP contribution in [0.15, 0.2) is 0 Å². The number of unbranched alkanes of at least 4 members (excludes halogenated alkanes) is 2. The third kappa shape index (κ3) is 9.70. The smallest absolute Gasteiger partial charge is 0.223 e. The Hall–Kier alpha value is -0.900. The summed E-state index contributed by atoms with van der Waals surface area (Å²) in [6.07, 6.45) is 8.96. The zero-order chi connectivity index (χ0) is 19.4. The van der Waals surface area contributed by atoms with E-state index >= 15 is 0 Å². The molecule has 4 nitrogen and oxygen atoms in total. The van der Waals surface area contributed by atoms with E-state index in [1.807, 2.05) is 13.8 Å². The second kappa shape index (κ2) is 13.3. The van der Waals surface area contributed by atoms with Gasteiger partial charge in [0.05, 0.1) is 0 Å². The van der Waals surface area contributed by atoms with Crippen LogP contribution in [-0.4, -0.2) is 31.4 Å². The lowest BCUT2D eigenvalue weighted by atomic mass is 9.82. The van der Waals surface area contributed by atoms with Crippen LogP contribution in [0.2, 0.25) is 0 Å². The lowest BCUT2D eigenvalue weighted by Gasteiger charge is -2.28. The summed E-state index contributed by atoms with van der Waals surface area (Å²) in [5.74, 6) is 2.16. The first-order valence-corrected chi connectivity index (χ1v) is 10.8. The zero-order valence-electron chi connectivity index (χ0n) is 17.5. The molecule has 1 atom stereocenters. The number of hydrogen-bond donors (Lipinski definition) is 1. The van der Waals surface area contributed by atoms with Crippen LogP contribution in [0, 0.1) is 23.7 Å². The Bertz CT molecular complexity index is 400. The van der Waals surface area contributed by atoms with E-state index in [1.54, 1.807) is 0 Å². The summed E-state index contributed by atoms with van der Waals surface area (Å²) >= 11 is 0. The highest BCUT2D eigenvalue weighted by Gasteiger charge is 2.26. The Labute approximate surface area is 160 Å². The molecular weight excluding hydrogens is 326 g/mol. The van der Waals surface area contributed by atoms with Crippen LogP contribution in [0.3, 0.4) is 0 Å². The Morgan fingerprint density at radius 1 is 1.04 bits per heavy atom. The number of carbonyl (C=O) groups is 2. The van der Waals surface area contributed by atoms with Gasteiger partial charge in [-0.05, 0) is 50.4 Å². The minimum Gasteiger partial charge on any atom is -0.381 e. The molecule has 0 bridgehead atoms. The quantitative estimate of drug-likeness (QED) is 0.478. The van der Waals surface area contributed by atoms with Crippen LogP contribution < -0.4 is 5.32 Å². The standard InChI is InChI=1S/C22H41NO3/c1-5-18(4)15-26-16-19-10-12-20(13-11-19)22(25)23-14-8-6-7-9-21(24)17(2)3/h17-20H,5-16H2,1-4H3,(H,23,25). The van der Waals surface area contributed by atoms with Gasteiger partial charge in [0.1, 0.15) is 5.78 Å². The van der Waals surface area contributed by atoms with Crippen LogP contribution in [0.25, 0.3) is 0 Å². The molecule has 1 aliphatic rings. The molecule has 0 aromatic heterocycles. The SMILES string of the molecule is CCC(C)COCC1CCC(C(=O)NCCCCCC(=O)C(C)C)CC1. The Balaban J connectivity index is 2.04.